The molecular formula is C26H33N5O2. The molecule has 1 amide bonds. The van der Waals surface area contributed by atoms with Crippen LogP contribution in [0.4, 0.5) is 0 Å². The Balaban J connectivity index is 1.20. The van der Waals surface area contributed by atoms with Gasteiger partial charge in [0.1, 0.15) is 0 Å². The molecule has 33 heavy (non-hydrogen) atoms. The number of fused-ring (bicyclic) bond motifs is 1. The Morgan fingerprint density at radius 2 is 1.94 bits per heavy atom. The highest BCUT2D eigenvalue weighted by molar-refractivity contribution is 5.82. The zero-order valence-corrected chi connectivity index (χ0v) is 19.4. The van der Waals surface area contributed by atoms with Crippen molar-refractivity contribution in [1.29, 1.82) is 0 Å². The van der Waals surface area contributed by atoms with Gasteiger partial charge in [-0.1, -0.05) is 37.3 Å². The van der Waals surface area contributed by atoms with Crippen LogP contribution < -0.4 is 0 Å². The topological polar surface area (TPSA) is 63.0 Å². The number of aromatic nitrogens is 3. The molecule has 2 aliphatic rings. The second-order valence-corrected chi connectivity index (χ2v) is 9.77. The van der Waals surface area contributed by atoms with Crippen LogP contribution in [0.15, 0.2) is 54.9 Å². The summed E-state index contributed by atoms with van der Waals surface area (Å²) < 4.78 is 7.69. The minimum atomic E-state index is -0.296. The fourth-order valence-electron chi connectivity index (χ4n) is 5.09. The Bertz CT molecular complexity index is 1070. The van der Waals surface area contributed by atoms with Crippen molar-refractivity contribution >= 4 is 11.6 Å². The molecule has 2 fully saturated rings. The molecule has 2 aromatic heterocycles. The molecular weight excluding hydrogens is 414 g/mol. The first-order valence-electron chi connectivity index (χ1n) is 12.0. The first-order valence-corrected chi connectivity index (χ1v) is 12.0. The van der Waals surface area contributed by atoms with E-state index in [-0.39, 0.29) is 17.2 Å². The van der Waals surface area contributed by atoms with Crippen LogP contribution in [-0.4, -0.2) is 69.7 Å². The second-order valence-electron chi connectivity index (χ2n) is 9.77. The average Bonchev–Trinajstić information content (AvgIpc) is 3.18. The largest absolute Gasteiger partial charge is 0.379 e. The fourth-order valence-corrected chi connectivity index (χ4v) is 5.09. The molecule has 3 aromatic rings. The summed E-state index contributed by atoms with van der Waals surface area (Å²) in [6, 6.07) is 14.6. The van der Waals surface area contributed by atoms with Crippen molar-refractivity contribution in [1.82, 2.24) is 24.4 Å². The summed E-state index contributed by atoms with van der Waals surface area (Å²) in [6.45, 7) is 7.70. The highest BCUT2D eigenvalue weighted by Crippen LogP contribution is 2.34. The number of hydrogen-bond acceptors (Lipinski definition) is 5. The van der Waals surface area contributed by atoms with E-state index in [2.05, 4.69) is 57.1 Å². The Kier molecular flexibility index (Phi) is 6.42. The lowest BCUT2D eigenvalue weighted by atomic mass is 9.78. The van der Waals surface area contributed by atoms with Gasteiger partial charge in [0.2, 0.25) is 5.91 Å². The minimum absolute atomic E-state index is 0.242. The monoisotopic (exact) mass is 447 g/mol. The van der Waals surface area contributed by atoms with Gasteiger partial charge in [0.05, 0.1) is 18.9 Å². The van der Waals surface area contributed by atoms with Crippen molar-refractivity contribution in [2.75, 3.05) is 39.4 Å². The third-order valence-corrected chi connectivity index (χ3v) is 7.16. The van der Waals surface area contributed by atoms with Crippen LogP contribution in [0.3, 0.4) is 0 Å². The molecule has 2 saturated heterocycles. The maximum absolute atomic E-state index is 13.7. The molecule has 2 aliphatic heterocycles. The van der Waals surface area contributed by atoms with Crippen molar-refractivity contribution < 1.29 is 9.53 Å². The fraction of sp³-hybridized carbons (Fsp3) is 0.500. The van der Waals surface area contributed by atoms with Gasteiger partial charge in [-0.15, -0.1) is 0 Å². The molecule has 4 heterocycles. The Labute approximate surface area is 195 Å². The van der Waals surface area contributed by atoms with Gasteiger partial charge in [-0.2, -0.15) is 5.10 Å². The number of carbonyl (C=O) groups excluding carboxylic acids is 1. The first-order chi connectivity index (χ1) is 16.1. The summed E-state index contributed by atoms with van der Waals surface area (Å²) in [4.78, 5) is 22.4. The Morgan fingerprint density at radius 1 is 1.12 bits per heavy atom. The SMILES string of the molecule is CC1(C(=O)N2CCOCC(Cc3ccc4nccn4n3)C2)CCN(Cc2ccccc2)CC1. The smallest absolute Gasteiger partial charge is 0.228 e. The highest BCUT2D eigenvalue weighted by atomic mass is 16.5. The van der Waals surface area contributed by atoms with E-state index in [1.807, 2.05) is 18.3 Å². The molecule has 1 atom stereocenters. The summed E-state index contributed by atoms with van der Waals surface area (Å²) in [5, 5.41) is 4.67. The number of ether oxygens (including phenoxy) is 1. The molecule has 7 nitrogen and oxygen atoms in total. The zero-order chi connectivity index (χ0) is 22.7. The van der Waals surface area contributed by atoms with Crippen molar-refractivity contribution in [2.45, 2.75) is 32.7 Å². The zero-order valence-electron chi connectivity index (χ0n) is 19.4. The van der Waals surface area contributed by atoms with Crippen LogP contribution in [0.5, 0.6) is 0 Å². The lowest BCUT2D eigenvalue weighted by Gasteiger charge is -2.41. The summed E-state index contributed by atoms with van der Waals surface area (Å²) in [5.74, 6) is 0.530. The average molecular weight is 448 g/mol. The van der Waals surface area contributed by atoms with E-state index < -0.39 is 0 Å². The first kappa shape index (κ1) is 22.0. The van der Waals surface area contributed by atoms with Crippen LogP contribution in [-0.2, 0) is 22.5 Å². The lowest BCUT2D eigenvalue weighted by Crippen LogP contribution is -2.50. The van der Waals surface area contributed by atoms with Gasteiger partial charge in [-0.3, -0.25) is 9.69 Å². The van der Waals surface area contributed by atoms with Crippen LogP contribution in [0.25, 0.3) is 5.65 Å². The molecule has 0 saturated carbocycles. The minimum Gasteiger partial charge on any atom is -0.379 e. The molecule has 0 N–H and O–H groups in total. The van der Waals surface area contributed by atoms with Crippen molar-refractivity contribution in [3.63, 3.8) is 0 Å². The molecule has 0 aliphatic carbocycles. The number of likely N-dealkylation sites (tertiary alicyclic amines) is 1. The number of benzene rings is 1. The van der Waals surface area contributed by atoms with Gasteiger partial charge >= 0.3 is 0 Å². The third-order valence-electron chi connectivity index (χ3n) is 7.16. The number of rotatable bonds is 5. The predicted octanol–water partition coefficient (Wildman–Crippen LogP) is 3.05. The summed E-state index contributed by atoms with van der Waals surface area (Å²) in [6.07, 6.45) is 6.22. The standard InChI is InChI=1S/C26H33N5O2/c1-26(9-12-29(13-10-26)18-21-5-3-2-4-6-21)25(32)30-15-16-33-20-22(19-30)17-23-7-8-24-27-11-14-31(24)28-23/h2-8,11,14,22H,9-10,12-13,15-20H2,1H3. The molecule has 1 unspecified atom stereocenters. The number of piperidine rings is 1. The van der Waals surface area contributed by atoms with Gasteiger partial charge in [0.15, 0.2) is 5.65 Å². The molecule has 5 rings (SSSR count). The van der Waals surface area contributed by atoms with Gasteiger partial charge in [0.25, 0.3) is 0 Å². The number of amides is 1. The summed E-state index contributed by atoms with van der Waals surface area (Å²) in [7, 11) is 0. The van der Waals surface area contributed by atoms with Crippen LogP contribution >= 0.6 is 0 Å². The number of imidazole rings is 1. The Morgan fingerprint density at radius 3 is 2.76 bits per heavy atom. The van der Waals surface area contributed by atoms with Crippen LogP contribution in [0.1, 0.15) is 31.0 Å². The number of carbonyl (C=O) groups is 1. The summed E-state index contributed by atoms with van der Waals surface area (Å²) >= 11 is 0. The van der Waals surface area contributed by atoms with Crippen molar-refractivity contribution in [3.8, 4) is 0 Å². The quantitative estimate of drug-likeness (QED) is 0.602. The van der Waals surface area contributed by atoms with Gasteiger partial charge in [-0.05, 0) is 50.0 Å². The van der Waals surface area contributed by atoms with Gasteiger partial charge in [-0.25, -0.2) is 9.50 Å². The molecule has 7 heteroatoms. The van der Waals surface area contributed by atoms with E-state index >= 15 is 0 Å². The highest BCUT2D eigenvalue weighted by Gasteiger charge is 2.40. The van der Waals surface area contributed by atoms with E-state index in [1.165, 1.54) is 5.56 Å². The van der Waals surface area contributed by atoms with Crippen LogP contribution in [0.2, 0.25) is 0 Å². The maximum atomic E-state index is 13.7. The number of hydrogen-bond donors (Lipinski definition) is 0. The van der Waals surface area contributed by atoms with Crippen molar-refractivity contribution in [2.24, 2.45) is 11.3 Å². The maximum Gasteiger partial charge on any atom is 0.228 e. The lowest BCUT2D eigenvalue weighted by molar-refractivity contribution is -0.144. The number of nitrogens with zero attached hydrogens (tertiary/aromatic N) is 5. The van der Waals surface area contributed by atoms with Gasteiger partial charge in [0, 0.05) is 43.4 Å². The molecule has 174 valence electrons. The van der Waals surface area contributed by atoms with E-state index in [1.54, 1.807) is 10.7 Å². The van der Waals surface area contributed by atoms with Crippen molar-refractivity contribution in [3.05, 3.63) is 66.1 Å². The Hall–Kier alpha value is -2.77. The molecule has 0 bridgehead atoms. The van der Waals surface area contributed by atoms with Gasteiger partial charge < -0.3 is 9.64 Å². The molecule has 0 spiro atoms. The molecule has 1 aromatic carbocycles. The van der Waals surface area contributed by atoms with E-state index in [4.69, 9.17) is 4.74 Å². The summed E-state index contributed by atoms with van der Waals surface area (Å²) in [5.41, 5.74) is 2.89. The van der Waals surface area contributed by atoms with E-state index in [0.29, 0.717) is 19.8 Å². The normalized spacial score (nSPS) is 21.7. The second kappa shape index (κ2) is 9.61. The third kappa shape index (κ3) is 5.09. The van der Waals surface area contributed by atoms with E-state index in [9.17, 15) is 4.79 Å². The molecule has 0 radical (unpaired) electrons. The van der Waals surface area contributed by atoms with Crippen LogP contribution in [0, 0.1) is 11.3 Å². The predicted molar refractivity (Wildman–Crippen MR) is 127 cm³/mol. The van der Waals surface area contributed by atoms with E-state index in [0.717, 1.165) is 56.8 Å².